The van der Waals surface area contributed by atoms with Crippen molar-refractivity contribution in [3.8, 4) is 0 Å². The maximum Gasteiger partial charge on any atom is 0.0295 e. The Labute approximate surface area is 103 Å². The van der Waals surface area contributed by atoms with Gasteiger partial charge in [0.2, 0.25) is 0 Å². The molecule has 1 atom stereocenters. The van der Waals surface area contributed by atoms with Crippen LogP contribution >= 0.6 is 0 Å². The highest BCUT2D eigenvalue weighted by atomic mass is 14.9. The first-order chi connectivity index (χ1) is 8.25. The van der Waals surface area contributed by atoms with E-state index in [2.05, 4.69) is 48.4 Å². The second-order valence-corrected chi connectivity index (χ2v) is 4.37. The van der Waals surface area contributed by atoms with Crippen LogP contribution in [-0.4, -0.2) is 4.98 Å². The van der Waals surface area contributed by atoms with Crippen LogP contribution in [0.25, 0.3) is 0 Å². The highest BCUT2D eigenvalue weighted by Crippen LogP contribution is 2.14. The lowest BCUT2D eigenvalue weighted by Gasteiger charge is -2.14. The van der Waals surface area contributed by atoms with Gasteiger partial charge in [-0.05, 0) is 37.1 Å². The molecule has 0 radical (unpaired) electrons. The van der Waals surface area contributed by atoms with Gasteiger partial charge in [0.1, 0.15) is 0 Å². The molecule has 1 aromatic carbocycles. The topological polar surface area (TPSA) is 24.9 Å². The maximum absolute atomic E-state index is 4.01. The third kappa shape index (κ3) is 3.40. The highest BCUT2D eigenvalue weighted by Gasteiger charge is 2.04. The van der Waals surface area contributed by atoms with Crippen molar-refractivity contribution in [2.75, 3.05) is 0 Å². The summed E-state index contributed by atoms with van der Waals surface area (Å²) in [4.78, 5) is 4.01. The standard InChI is InChI=1S/C15H18N2/c1-12-4-3-5-15(10-12)13(2)17-11-14-6-8-16-9-7-14/h3-10,13,17H,11H2,1-2H3/t13-/m0/s1. The zero-order chi connectivity index (χ0) is 12.1. The number of nitrogens with one attached hydrogen (secondary N) is 1. The second kappa shape index (κ2) is 5.60. The number of aromatic nitrogens is 1. The molecule has 2 nitrogen and oxygen atoms in total. The molecule has 0 aliphatic rings. The van der Waals surface area contributed by atoms with Gasteiger partial charge in [0, 0.05) is 25.0 Å². The van der Waals surface area contributed by atoms with Gasteiger partial charge in [-0.25, -0.2) is 0 Å². The minimum Gasteiger partial charge on any atom is -0.306 e. The van der Waals surface area contributed by atoms with Gasteiger partial charge in [0.05, 0.1) is 0 Å². The summed E-state index contributed by atoms with van der Waals surface area (Å²) in [5.74, 6) is 0. The SMILES string of the molecule is Cc1cccc([C@H](C)NCc2ccncc2)c1. The Bertz CT molecular complexity index is 465. The first kappa shape index (κ1) is 11.8. The molecule has 88 valence electrons. The van der Waals surface area contributed by atoms with Crippen molar-refractivity contribution in [3.05, 3.63) is 65.5 Å². The number of aryl methyl sites for hydroxylation is 1. The Morgan fingerprint density at radius 3 is 2.65 bits per heavy atom. The molecule has 2 heteroatoms. The molecule has 2 aromatic rings. The van der Waals surface area contributed by atoms with E-state index in [1.807, 2.05) is 24.5 Å². The van der Waals surface area contributed by atoms with Gasteiger partial charge >= 0.3 is 0 Å². The van der Waals surface area contributed by atoms with E-state index >= 15 is 0 Å². The molecule has 17 heavy (non-hydrogen) atoms. The summed E-state index contributed by atoms with van der Waals surface area (Å²) in [7, 11) is 0. The molecular formula is C15H18N2. The van der Waals surface area contributed by atoms with Crippen LogP contribution in [-0.2, 0) is 6.54 Å². The summed E-state index contributed by atoms with van der Waals surface area (Å²) in [6.45, 7) is 5.19. The Kier molecular flexibility index (Phi) is 3.89. The number of pyridine rings is 1. The Balaban J connectivity index is 1.96. The normalized spacial score (nSPS) is 12.4. The van der Waals surface area contributed by atoms with Gasteiger partial charge in [0.25, 0.3) is 0 Å². The average molecular weight is 226 g/mol. The first-order valence-electron chi connectivity index (χ1n) is 5.94. The molecule has 0 unspecified atom stereocenters. The van der Waals surface area contributed by atoms with Crippen LogP contribution in [0.15, 0.2) is 48.8 Å². The number of hydrogen-bond donors (Lipinski definition) is 1. The lowest BCUT2D eigenvalue weighted by atomic mass is 10.1. The Morgan fingerprint density at radius 1 is 1.18 bits per heavy atom. The van der Waals surface area contributed by atoms with Crippen LogP contribution in [0.4, 0.5) is 0 Å². The number of benzene rings is 1. The number of nitrogens with zero attached hydrogens (tertiary/aromatic N) is 1. The average Bonchev–Trinajstić information content (AvgIpc) is 2.37. The fraction of sp³-hybridized carbons (Fsp3) is 0.267. The van der Waals surface area contributed by atoms with Crippen LogP contribution in [0.3, 0.4) is 0 Å². The van der Waals surface area contributed by atoms with Crippen LogP contribution in [0, 0.1) is 6.92 Å². The quantitative estimate of drug-likeness (QED) is 0.865. The molecule has 1 N–H and O–H groups in total. The van der Waals surface area contributed by atoms with E-state index in [0.717, 1.165) is 6.54 Å². The first-order valence-corrected chi connectivity index (χ1v) is 5.94. The molecule has 0 bridgehead atoms. The number of rotatable bonds is 4. The van der Waals surface area contributed by atoms with Crippen molar-refractivity contribution < 1.29 is 0 Å². The van der Waals surface area contributed by atoms with E-state index in [9.17, 15) is 0 Å². The number of hydrogen-bond acceptors (Lipinski definition) is 2. The van der Waals surface area contributed by atoms with E-state index in [1.165, 1.54) is 16.7 Å². The van der Waals surface area contributed by atoms with Gasteiger partial charge in [-0.3, -0.25) is 4.98 Å². The van der Waals surface area contributed by atoms with Crippen LogP contribution in [0.5, 0.6) is 0 Å². The van der Waals surface area contributed by atoms with Crippen molar-refractivity contribution in [2.24, 2.45) is 0 Å². The Hall–Kier alpha value is -1.67. The predicted molar refractivity (Wildman–Crippen MR) is 70.7 cm³/mol. The second-order valence-electron chi connectivity index (χ2n) is 4.37. The molecule has 0 fully saturated rings. The van der Waals surface area contributed by atoms with E-state index in [1.54, 1.807) is 0 Å². The highest BCUT2D eigenvalue weighted by molar-refractivity contribution is 5.24. The smallest absolute Gasteiger partial charge is 0.0295 e. The Morgan fingerprint density at radius 2 is 1.94 bits per heavy atom. The molecule has 0 saturated heterocycles. The van der Waals surface area contributed by atoms with Crippen LogP contribution < -0.4 is 5.32 Å². The van der Waals surface area contributed by atoms with Gasteiger partial charge in [-0.15, -0.1) is 0 Å². The third-order valence-electron chi connectivity index (χ3n) is 2.90. The summed E-state index contributed by atoms with van der Waals surface area (Å²) in [6, 6.07) is 13.1. The molecule has 0 spiro atoms. The largest absolute Gasteiger partial charge is 0.306 e. The molecule has 1 heterocycles. The molecular weight excluding hydrogens is 208 g/mol. The maximum atomic E-state index is 4.01. The van der Waals surface area contributed by atoms with E-state index < -0.39 is 0 Å². The van der Waals surface area contributed by atoms with Crippen LogP contribution in [0.1, 0.15) is 29.7 Å². The van der Waals surface area contributed by atoms with Gasteiger partial charge in [0.15, 0.2) is 0 Å². The third-order valence-corrected chi connectivity index (χ3v) is 2.90. The van der Waals surface area contributed by atoms with Crippen molar-refractivity contribution >= 4 is 0 Å². The van der Waals surface area contributed by atoms with E-state index in [4.69, 9.17) is 0 Å². The molecule has 0 aliphatic heterocycles. The molecule has 0 saturated carbocycles. The van der Waals surface area contributed by atoms with Crippen molar-refractivity contribution in [2.45, 2.75) is 26.4 Å². The van der Waals surface area contributed by atoms with E-state index in [0.29, 0.717) is 6.04 Å². The van der Waals surface area contributed by atoms with E-state index in [-0.39, 0.29) is 0 Å². The predicted octanol–water partition coefficient (Wildman–Crippen LogP) is 3.24. The van der Waals surface area contributed by atoms with Crippen molar-refractivity contribution in [1.82, 2.24) is 10.3 Å². The summed E-state index contributed by atoms with van der Waals surface area (Å²) in [5.41, 5.74) is 3.90. The van der Waals surface area contributed by atoms with Gasteiger partial charge in [-0.1, -0.05) is 29.8 Å². The zero-order valence-corrected chi connectivity index (χ0v) is 10.4. The summed E-state index contributed by atoms with van der Waals surface area (Å²) in [6.07, 6.45) is 3.66. The summed E-state index contributed by atoms with van der Waals surface area (Å²) < 4.78 is 0. The lowest BCUT2D eigenvalue weighted by molar-refractivity contribution is 0.574. The van der Waals surface area contributed by atoms with Crippen molar-refractivity contribution in [3.63, 3.8) is 0 Å². The fourth-order valence-electron chi connectivity index (χ4n) is 1.83. The monoisotopic (exact) mass is 226 g/mol. The zero-order valence-electron chi connectivity index (χ0n) is 10.4. The molecule has 1 aromatic heterocycles. The molecule has 2 rings (SSSR count). The van der Waals surface area contributed by atoms with Crippen LogP contribution in [0.2, 0.25) is 0 Å². The summed E-state index contributed by atoms with van der Waals surface area (Å²) >= 11 is 0. The molecule has 0 aliphatic carbocycles. The van der Waals surface area contributed by atoms with Crippen molar-refractivity contribution in [1.29, 1.82) is 0 Å². The summed E-state index contributed by atoms with van der Waals surface area (Å²) in [5, 5.41) is 3.51. The lowest BCUT2D eigenvalue weighted by Crippen LogP contribution is -2.18. The fourth-order valence-corrected chi connectivity index (χ4v) is 1.83. The minimum absolute atomic E-state index is 0.364. The van der Waals surface area contributed by atoms with Gasteiger partial charge in [-0.2, -0.15) is 0 Å². The molecule has 0 amide bonds. The van der Waals surface area contributed by atoms with Gasteiger partial charge < -0.3 is 5.32 Å². The minimum atomic E-state index is 0.364.